The Morgan fingerprint density at radius 3 is 1.91 bits per heavy atom. The summed E-state index contributed by atoms with van der Waals surface area (Å²) in [5, 5.41) is 0. The van der Waals surface area contributed by atoms with E-state index < -0.39 is 23.5 Å². The number of ether oxygens (including phenoxy) is 4. The van der Waals surface area contributed by atoms with Crippen LogP contribution in [0.25, 0.3) is 16.1 Å². The highest BCUT2D eigenvalue weighted by Crippen LogP contribution is 2.40. The molecule has 8 nitrogen and oxygen atoms in total. The highest BCUT2D eigenvalue weighted by molar-refractivity contribution is 7.17. The fourth-order valence-corrected chi connectivity index (χ4v) is 4.26. The molecule has 172 valence electrons. The first-order chi connectivity index (χ1) is 15.3. The van der Waals surface area contributed by atoms with Crippen molar-refractivity contribution in [2.45, 2.75) is 27.7 Å². The van der Waals surface area contributed by atoms with Crippen LogP contribution in [0.3, 0.4) is 0 Å². The summed E-state index contributed by atoms with van der Waals surface area (Å²) in [6, 6.07) is 7.27. The van der Waals surface area contributed by atoms with Crippen LogP contribution in [0.2, 0.25) is 0 Å². The summed E-state index contributed by atoms with van der Waals surface area (Å²) >= 11 is 1.17. The van der Waals surface area contributed by atoms with E-state index in [2.05, 4.69) is 0 Å². The first-order valence-electron chi connectivity index (χ1n) is 10.1. The second kappa shape index (κ2) is 11.3. The predicted octanol–water partition coefficient (Wildman–Crippen LogP) is 3.70. The molecule has 2 rings (SSSR count). The number of hydrogen-bond acceptors (Lipinski definition) is 9. The minimum absolute atomic E-state index is 0.0420. The first-order valence-corrected chi connectivity index (χ1v) is 10.9. The van der Waals surface area contributed by atoms with E-state index in [4.69, 9.17) is 24.7 Å². The van der Waals surface area contributed by atoms with Crippen molar-refractivity contribution in [3.05, 3.63) is 45.8 Å². The molecule has 0 unspecified atom stereocenters. The number of benzene rings is 1. The number of methoxy groups -OCH3 is 1. The van der Waals surface area contributed by atoms with Crippen LogP contribution < -0.4 is 10.5 Å². The third-order valence-corrected chi connectivity index (χ3v) is 5.83. The lowest BCUT2D eigenvalue weighted by Gasteiger charge is -2.11. The van der Waals surface area contributed by atoms with Gasteiger partial charge >= 0.3 is 17.9 Å². The maximum Gasteiger partial charge on any atom is 0.347 e. The number of rotatable bonds is 9. The summed E-state index contributed by atoms with van der Waals surface area (Å²) < 4.78 is 20.4. The lowest BCUT2D eigenvalue weighted by molar-refractivity contribution is -0.146. The molecule has 1 aromatic heterocycles. The summed E-state index contributed by atoms with van der Waals surface area (Å²) in [5.41, 5.74) is 7.26. The van der Waals surface area contributed by atoms with Gasteiger partial charge < -0.3 is 24.7 Å². The van der Waals surface area contributed by atoms with E-state index in [9.17, 15) is 14.4 Å². The summed E-state index contributed by atoms with van der Waals surface area (Å²) in [5.74, 6) is -1.77. The van der Waals surface area contributed by atoms with Gasteiger partial charge in [-0.15, -0.1) is 11.3 Å². The van der Waals surface area contributed by atoms with Crippen LogP contribution in [0.1, 0.15) is 41.6 Å². The van der Waals surface area contributed by atoms with Crippen LogP contribution in [0.4, 0.5) is 0 Å². The molecule has 0 saturated carbocycles. The number of carbonyl (C=O) groups excluding carboxylic acids is 3. The van der Waals surface area contributed by atoms with Gasteiger partial charge in [0, 0.05) is 4.88 Å². The third kappa shape index (κ3) is 5.28. The number of esters is 3. The summed E-state index contributed by atoms with van der Waals surface area (Å²) in [6.07, 6.45) is 0. The first kappa shape index (κ1) is 24.9. The van der Waals surface area contributed by atoms with Gasteiger partial charge in [-0.3, -0.25) is 0 Å². The molecular formula is C23H27NO7S. The number of nitrogens with two attached hydrogens (primary N) is 1. The Balaban J connectivity index is 2.77. The summed E-state index contributed by atoms with van der Waals surface area (Å²) in [6.45, 7) is 6.90. The van der Waals surface area contributed by atoms with Crippen molar-refractivity contribution in [2.24, 2.45) is 5.73 Å². The van der Waals surface area contributed by atoms with E-state index in [-0.39, 0.29) is 36.0 Å². The molecule has 0 bridgehead atoms. The van der Waals surface area contributed by atoms with E-state index >= 15 is 0 Å². The molecule has 0 amide bonds. The molecule has 2 N–H and O–H groups in total. The minimum atomic E-state index is -0.921. The molecule has 9 heteroatoms. The maximum atomic E-state index is 12.8. The zero-order chi connectivity index (χ0) is 23.8. The average molecular weight is 462 g/mol. The summed E-state index contributed by atoms with van der Waals surface area (Å²) in [4.78, 5) is 38.8. The topological polar surface area (TPSA) is 114 Å². The monoisotopic (exact) mass is 461 g/mol. The van der Waals surface area contributed by atoms with E-state index in [0.29, 0.717) is 11.3 Å². The molecular weight excluding hydrogens is 434 g/mol. The summed E-state index contributed by atoms with van der Waals surface area (Å²) in [7, 11) is 1.57. The van der Waals surface area contributed by atoms with Crippen molar-refractivity contribution in [1.82, 2.24) is 0 Å². The van der Waals surface area contributed by atoms with Crippen LogP contribution in [0, 0.1) is 6.92 Å². The van der Waals surface area contributed by atoms with Crippen LogP contribution >= 0.6 is 11.3 Å². The van der Waals surface area contributed by atoms with Crippen molar-refractivity contribution in [3.63, 3.8) is 0 Å². The molecule has 0 aliphatic rings. The van der Waals surface area contributed by atoms with Gasteiger partial charge in [0.25, 0.3) is 0 Å². The Hall–Kier alpha value is -3.33. The largest absolute Gasteiger partial charge is 0.497 e. The standard InChI is InChI=1S/C23H27NO7S/c1-6-29-21(25)16-13(4)19(14-9-11-15(28-5)12-10-14)32-20(16)18(24)17(22(26)30-7-2)23(27)31-8-3/h9-12H,6-8,24H2,1-5H3. The van der Waals surface area contributed by atoms with Crippen molar-refractivity contribution >= 4 is 34.9 Å². The predicted molar refractivity (Wildman–Crippen MR) is 121 cm³/mol. The van der Waals surface area contributed by atoms with Gasteiger partial charge in [-0.05, 0) is 63.1 Å². The molecule has 1 heterocycles. The highest BCUT2D eigenvalue weighted by Gasteiger charge is 2.31. The Labute approximate surface area is 190 Å². The molecule has 0 radical (unpaired) electrons. The Morgan fingerprint density at radius 2 is 1.44 bits per heavy atom. The highest BCUT2D eigenvalue weighted by atomic mass is 32.1. The van der Waals surface area contributed by atoms with Gasteiger partial charge in [0.05, 0.1) is 43.1 Å². The van der Waals surface area contributed by atoms with Crippen LogP contribution in [0.15, 0.2) is 29.8 Å². The smallest absolute Gasteiger partial charge is 0.347 e. The second-order valence-corrected chi connectivity index (χ2v) is 7.46. The van der Waals surface area contributed by atoms with E-state index in [1.165, 1.54) is 11.3 Å². The Kier molecular flexibility index (Phi) is 8.83. The van der Waals surface area contributed by atoms with Crippen LogP contribution in [0.5, 0.6) is 5.75 Å². The quantitative estimate of drug-likeness (QED) is 0.198. The van der Waals surface area contributed by atoms with Gasteiger partial charge in [0.1, 0.15) is 5.75 Å². The normalized spacial score (nSPS) is 10.3. The van der Waals surface area contributed by atoms with Crippen LogP contribution in [-0.2, 0) is 23.8 Å². The molecule has 2 aromatic rings. The Morgan fingerprint density at radius 1 is 0.906 bits per heavy atom. The molecule has 1 aromatic carbocycles. The molecule has 0 saturated heterocycles. The van der Waals surface area contributed by atoms with Crippen molar-refractivity contribution in [2.75, 3.05) is 26.9 Å². The zero-order valence-corrected chi connectivity index (χ0v) is 19.6. The molecule has 0 aliphatic heterocycles. The lowest BCUT2D eigenvalue weighted by atomic mass is 10.0. The third-order valence-electron chi connectivity index (χ3n) is 4.45. The fraction of sp³-hybridized carbons (Fsp3) is 0.348. The van der Waals surface area contributed by atoms with Gasteiger partial charge in [0.2, 0.25) is 0 Å². The van der Waals surface area contributed by atoms with E-state index in [1.807, 2.05) is 12.1 Å². The second-order valence-electron chi connectivity index (χ2n) is 6.44. The number of carbonyl (C=O) groups is 3. The number of hydrogen-bond donors (Lipinski definition) is 1. The van der Waals surface area contributed by atoms with Gasteiger partial charge in [0.15, 0.2) is 5.57 Å². The zero-order valence-electron chi connectivity index (χ0n) is 18.8. The molecule has 0 spiro atoms. The van der Waals surface area contributed by atoms with Crippen molar-refractivity contribution in [1.29, 1.82) is 0 Å². The SMILES string of the molecule is CCOC(=O)C(C(=O)OCC)=C(N)c1sc(-c2ccc(OC)cc2)c(C)c1C(=O)OCC. The van der Waals surface area contributed by atoms with Gasteiger partial charge in [-0.1, -0.05) is 0 Å². The molecule has 0 aliphatic carbocycles. The minimum Gasteiger partial charge on any atom is -0.497 e. The van der Waals surface area contributed by atoms with Gasteiger partial charge in [-0.2, -0.15) is 0 Å². The van der Waals surface area contributed by atoms with Crippen LogP contribution in [-0.4, -0.2) is 44.8 Å². The fourth-order valence-electron chi connectivity index (χ4n) is 2.99. The average Bonchev–Trinajstić information content (AvgIpc) is 3.11. The van der Waals surface area contributed by atoms with Crippen molar-refractivity contribution in [3.8, 4) is 16.2 Å². The van der Waals surface area contributed by atoms with Gasteiger partial charge in [-0.25, -0.2) is 14.4 Å². The van der Waals surface area contributed by atoms with E-state index in [0.717, 1.165) is 10.4 Å². The molecule has 0 fully saturated rings. The van der Waals surface area contributed by atoms with E-state index in [1.54, 1.807) is 46.9 Å². The maximum absolute atomic E-state index is 12.8. The molecule has 0 atom stereocenters. The van der Waals surface area contributed by atoms with Crippen molar-refractivity contribution < 1.29 is 33.3 Å². The Bertz CT molecular complexity index is 1000. The molecule has 32 heavy (non-hydrogen) atoms. The lowest BCUT2D eigenvalue weighted by Crippen LogP contribution is -2.23. The number of thiophene rings is 1.